The average molecular weight is 297 g/mol. The van der Waals surface area contributed by atoms with Crippen molar-refractivity contribution < 1.29 is 9.53 Å². The van der Waals surface area contributed by atoms with E-state index in [1.807, 2.05) is 24.8 Å². The van der Waals surface area contributed by atoms with Crippen LogP contribution in [-0.2, 0) is 4.79 Å². The van der Waals surface area contributed by atoms with Gasteiger partial charge in [0.25, 0.3) is 0 Å². The molecule has 1 amide bonds. The van der Waals surface area contributed by atoms with Crippen LogP contribution in [0.5, 0.6) is 5.75 Å². The molecule has 0 aliphatic heterocycles. The fourth-order valence-electron chi connectivity index (χ4n) is 2.27. The van der Waals surface area contributed by atoms with Gasteiger partial charge in [-0.3, -0.25) is 4.79 Å². The SMILES string of the molecule is CCN(C(=O)CNc1cc(C)c(Cl)cc1OC)C1CC1. The largest absolute Gasteiger partial charge is 0.495 e. The fraction of sp³-hybridized carbons (Fsp3) is 0.533. The van der Waals surface area contributed by atoms with Crippen LogP contribution in [0.15, 0.2) is 12.1 Å². The molecule has 1 fully saturated rings. The molecule has 0 unspecified atom stereocenters. The molecule has 1 aromatic carbocycles. The van der Waals surface area contributed by atoms with Crippen LogP contribution in [0.25, 0.3) is 0 Å². The Balaban J connectivity index is 2.02. The maximum Gasteiger partial charge on any atom is 0.242 e. The van der Waals surface area contributed by atoms with E-state index in [1.165, 1.54) is 0 Å². The number of benzene rings is 1. The third-order valence-electron chi connectivity index (χ3n) is 3.56. The van der Waals surface area contributed by atoms with E-state index in [0.717, 1.165) is 30.6 Å². The van der Waals surface area contributed by atoms with Gasteiger partial charge in [0, 0.05) is 23.7 Å². The van der Waals surface area contributed by atoms with Crippen molar-refractivity contribution >= 4 is 23.2 Å². The molecule has 0 saturated heterocycles. The van der Waals surface area contributed by atoms with Crippen molar-refractivity contribution in [2.45, 2.75) is 32.7 Å². The van der Waals surface area contributed by atoms with Gasteiger partial charge in [-0.25, -0.2) is 0 Å². The van der Waals surface area contributed by atoms with Crippen LogP contribution in [0.2, 0.25) is 5.02 Å². The third kappa shape index (κ3) is 3.37. The number of halogens is 1. The van der Waals surface area contributed by atoms with Crippen molar-refractivity contribution in [3.8, 4) is 5.75 Å². The van der Waals surface area contributed by atoms with Crippen LogP contribution in [0.3, 0.4) is 0 Å². The van der Waals surface area contributed by atoms with Gasteiger partial charge < -0.3 is 15.0 Å². The zero-order chi connectivity index (χ0) is 14.7. The van der Waals surface area contributed by atoms with E-state index in [9.17, 15) is 4.79 Å². The average Bonchev–Trinajstić information content (AvgIpc) is 3.25. The van der Waals surface area contributed by atoms with Gasteiger partial charge in [-0.2, -0.15) is 0 Å². The number of aryl methyl sites for hydroxylation is 1. The lowest BCUT2D eigenvalue weighted by Crippen LogP contribution is -2.37. The highest BCUT2D eigenvalue weighted by Gasteiger charge is 2.31. The van der Waals surface area contributed by atoms with Crippen molar-refractivity contribution in [2.24, 2.45) is 0 Å². The maximum atomic E-state index is 12.2. The highest BCUT2D eigenvalue weighted by molar-refractivity contribution is 6.31. The summed E-state index contributed by atoms with van der Waals surface area (Å²) in [5.41, 5.74) is 1.76. The normalized spacial score (nSPS) is 14.0. The van der Waals surface area contributed by atoms with E-state index in [0.29, 0.717) is 16.8 Å². The van der Waals surface area contributed by atoms with Crippen molar-refractivity contribution in [2.75, 3.05) is 25.5 Å². The number of rotatable bonds is 6. The molecule has 20 heavy (non-hydrogen) atoms. The number of anilines is 1. The van der Waals surface area contributed by atoms with Crippen molar-refractivity contribution in [3.63, 3.8) is 0 Å². The lowest BCUT2D eigenvalue weighted by molar-refractivity contribution is -0.129. The number of carbonyl (C=O) groups is 1. The monoisotopic (exact) mass is 296 g/mol. The second kappa shape index (κ2) is 6.35. The smallest absolute Gasteiger partial charge is 0.242 e. The summed E-state index contributed by atoms with van der Waals surface area (Å²) in [6, 6.07) is 4.12. The number of nitrogens with zero attached hydrogens (tertiary/aromatic N) is 1. The van der Waals surface area contributed by atoms with E-state index in [1.54, 1.807) is 13.2 Å². The van der Waals surface area contributed by atoms with Gasteiger partial charge in [-0.05, 0) is 38.3 Å². The third-order valence-corrected chi connectivity index (χ3v) is 3.97. The lowest BCUT2D eigenvalue weighted by atomic mass is 10.2. The first-order chi connectivity index (χ1) is 9.56. The molecule has 5 heteroatoms. The molecule has 1 aliphatic rings. The van der Waals surface area contributed by atoms with Gasteiger partial charge in [0.2, 0.25) is 5.91 Å². The molecule has 1 N–H and O–H groups in total. The molecule has 1 aromatic rings. The number of hydrogen-bond acceptors (Lipinski definition) is 3. The number of methoxy groups -OCH3 is 1. The molecule has 1 aliphatic carbocycles. The van der Waals surface area contributed by atoms with Crippen LogP contribution in [0.1, 0.15) is 25.3 Å². The summed E-state index contributed by atoms with van der Waals surface area (Å²) < 4.78 is 5.29. The highest BCUT2D eigenvalue weighted by atomic mass is 35.5. The Morgan fingerprint density at radius 1 is 1.50 bits per heavy atom. The molecule has 110 valence electrons. The van der Waals surface area contributed by atoms with Crippen molar-refractivity contribution in [1.82, 2.24) is 4.90 Å². The summed E-state index contributed by atoms with van der Waals surface area (Å²) in [4.78, 5) is 14.1. The Morgan fingerprint density at radius 2 is 2.20 bits per heavy atom. The summed E-state index contributed by atoms with van der Waals surface area (Å²) in [6.07, 6.45) is 2.26. The molecule has 4 nitrogen and oxygen atoms in total. The first-order valence-electron chi connectivity index (χ1n) is 6.94. The number of likely N-dealkylation sites (N-methyl/N-ethyl adjacent to an activating group) is 1. The minimum atomic E-state index is 0.129. The minimum Gasteiger partial charge on any atom is -0.495 e. The summed E-state index contributed by atoms with van der Waals surface area (Å²) >= 11 is 6.07. The van der Waals surface area contributed by atoms with Gasteiger partial charge in [-0.15, -0.1) is 0 Å². The van der Waals surface area contributed by atoms with Gasteiger partial charge >= 0.3 is 0 Å². The van der Waals surface area contributed by atoms with E-state index in [4.69, 9.17) is 16.3 Å². The fourth-order valence-corrected chi connectivity index (χ4v) is 2.42. The zero-order valence-electron chi connectivity index (χ0n) is 12.2. The number of carbonyl (C=O) groups excluding carboxylic acids is 1. The predicted octanol–water partition coefficient (Wildman–Crippen LogP) is 3.08. The minimum absolute atomic E-state index is 0.129. The maximum absolute atomic E-state index is 12.2. The van der Waals surface area contributed by atoms with Crippen LogP contribution in [-0.4, -0.2) is 37.0 Å². The molecular weight excluding hydrogens is 276 g/mol. The Labute approximate surface area is 125 Å². The summed E-state index contributed by atoms with van der Waals surface area (Å²) in [5.74, 6) is 0.785. The van der Waals surface area contributed by atoms with Crippen LogP contribution in [0, 0.1) is 6.92 Å². The predicted molar refractivity (Wildman–Crippen MR) is 81.6 cm³/mol. The zero-order valence-corrected chi connectivity index (χ0v) is 13.0. The van der Waals surface area contributed by atoms with Gasteiger partial charge in [0.1, 0.15) is 5.75 Å². The van der Waals surface area contributed by atoms with E-state index in [2.05, 4.69) is 5.32 Å². The first-order valence-corrected chi connectivity index (χ1v) is 7.32. The standard InChI is InChI=1S/C15H21ClN2O2/c1-4-18(11-5-6-11)15(19)9-17-13-7-10(2)12(16)8-14(13)20-3/h7-8,11,17H,4-6,9H2,1-3H3. The second-order valence-electron chi connectivity index (χ2n) is 5.07. The number of ether oxygens (including phenoxy) is 1. The Kier molecular flexibility index (Phi) is 4.76. The number of nitrogens with one attached hydrogen (secondary N) is 1. The van der Waals surface area contributed by atoms with Crippen LogP contribution in [0.4, 0.5) is 5.69 Å². The molecule has 1 saturated carbocycles. The summed E-state index contributed by atoms with van der Waals surface area (Å²) in [5, 5.41) is 3.81. The second-order valence-corrected chi connectivity index (χ2v) is 5.47. The molecule has 0 bridgehead atoms. The summed E-state index contributed by atoms with van der Waals surface area (Å²) in [6.45, 7) is 4.99. The molecular formula is C15H21ClN2O2. The number of amides is 1. The van der Waals surface area contributed by atoms with Crippen molar-refractivity contribution in [1.29, 1.82) is 0 Å². The Hall–Kier alpha value is -1.42. The van der Waals surface area contributed by atoms with Crippen LogP contribution >= 0.6 is 11.6 Å². The topological polar surface area (TPSA) is 41.6 Å². The van der Waals surface area contributed by atoms with Crippen LogP contribution < -0.4 is 10.1 Å². The lowest BCUT2D eigenvalue weighted by Gasteiger charge is -2.21. The van der Waals surface area contributed by atoms with Crippen molar-refractivity contribution in [3.05, 3.63) is 22.7 Å². The molecule has 0 radical (unpaired) electrons. The Morgan fingerprint density at radius 3 is 2.75 bits per heavy atom. The highest BCUT2D eigenvalue weighted by Crippen LogP contribution is 2.31. The molecule has 0 spiro atoms. The quantitative estimate of drug-likeness (QED) is 0.877. The van der Waals surface area contributed by atoms with E-state index < -0.39 is 0 Å². The first kappa shape index (κ1) is 15.0. The van der Waals surface area contributed by atoms with Gasteiger partial charge in [0.15, 0.2) is 0 Å². The van der Waals surface area contributed by atoms with E-state index >= 15 is 0 Å². The molecule has 2 rings (SSSR count). The van der Waals surface area contributed by atoms with E-state index in [-0.39, 0.29) is 12.5 Å². The number of hydrogen-bond donors (Lipinski definition) is 1. The molecule has 0 heterocycles. The summed E-state index contributed by atoms with van der Waals surface area (Å²) in [7, 11) is 1.59. The molecule has 0 atom stereocenters. The Bertz CT molecular complexity index is 501. The van der Waals surface area contributed by atoms with Gasteiger partial charge in [-0.1, -0.05) is 11.6 Å². The molecule has 0 aromatic heterocycles. The van der Waals surface area contributed by atoms with Gasteiger partial charge in [0.05, 0.1) is 19.3 Å².